The van der Waals surface area contributed by atoms with Crippen molar-refractivity contribution in [2.45, 2.75) is 70.8 Å². The molecule has 1 aromatic carbocycles. The van der Waals surface area contributed by atoms with Gasteiger partial charge in [-0.2, -0.15) is 0 Å². The van der Waals surface area contributed by atoms with Crippen LogP contribution in [0.4, 0.5) is 10.5 Å². The van der Waals surface area contributed by atoms with E-state index in [1.54, 1.807) is 0 Å². The fourth-order valence-electron chi connectivity index (χ4n) is 4.37. The number of rotatable bonds is 7. The molecule has 2 fully saturated rings. The molecule has 3 rings (SSSR count). The van der Waals surface area contributed by atoms with Gasteiger partial charge >= 0.3 is 6.09 Å². The van der Waals surface area contributed by atoms with Gasteiger partial charge in [0.25, 0.3) is 0 Å². The van der Waals surface area contributed by atoms with E-state index in [1.807, 2.05) is 24.3 Å². The lowest BCUT2D eigenvalue weighted by atomic mass is 9.95. The van der Waals surface area contributed by atoms with Crippen molar-refractivity contribution >= 4 is 24.2 Å². The van der Waals surface area contributed by atoms with Gasteiger partial charge in [-0.05, 0) is 63.7 Å². The standard InChI is InChI=1S/C23H36N2O3.ClH/c1-2-17-27-22-14-8-7-12-20(22)24-23(26)28-21-13-6-3-5-11-19(21)18-25-15-9-4-10-16-25;/h7-8,12,14,19,21H,2-6,9-11,13,15-18H2,1H3,(H,24,26);1H/t19?,21-;/m1./s1. The van der Waals surface area contributed by atoms with Crippen molar-refractivity contribution < 1.29 is 14.3 Å². The Kier molecular flexibility index (Phi) is 10.6. The van der Waals surface area contributed by atoms with Crippen LogP contribution in [-0.2, 0) is 4.74 Å². The first-order chi connectivity index (χ1) is 13.8. The van der Waals surface area contributed by atoms with Gasteiger partial charge in [0.1, 0.15) is 11.9 Å². The van der Waals surface area contributed by atoms with E-state index in [4.69, 9.17) is 9.47 Å². The summed E-state index contributed by atoms with van der Waals surface area (Å²) in [4.78, 5) is 15.2. The first-order valence-corrected chi connectivity index (χ1v) is 11.2. The molecular weight excluding hydrogens is 388 g/mol. The number of carbonyl (C=O) groups excluding carboxylic acids is 1. The average molecular weight is 425 g/mol. The third kappa shape index (κ3) is 7.71. The monoisotopic (exact) mass is 424 g/mol. The second-order valence-electron chi connectivity index (χ2n) is 8.17. The van der Waals surface area contributed by atoms with Gasteiger partial charge in [0.15, 0.2) is 0 Å². The summed E-state index contributed by atoms with van der Waals surface area (Å²) in [6, 6.07) is 7.57. The molecule has 2 atom stereocenters. The SMILES string of the molecule is CCCOc1ccccc1NC(=O)O[C@@H]1CCCCCC1CN1CCCCC1.Cl. The number of piperidine rings is 1. The highest BCUT2D eigenvalue weighted by Crippen LogP contribution is 2.29. The fraction of sp³-hybridized carbons (Fsp3) is 0.696. The lowest BCUT2D eigenvalue weighted by Crippen LogP contribution is -2.39. The van der Waals surface area contributed by atoms with E-state index >= 15 is 0 Å². The Hall–Kier alpha value is -1.46. The molecule has 1 aromatic rings. The van der Waals surface area contributed by atoms with Crippen LogP contribution in [-0.4, -0.2) is 43.3 Å². The molecular formula is C23H37ClN2O3. The number of nitrogens with zero attached hydrogens (tertiary/aromatic N) is 1. The number of amides is 1. The van der Waals surface area contributed by atoms with Gasteiger partial charge < -0.3 is 14.4 Å². The highest BCUT2D eigenvalue weighted by atomic mass is 35.5. The minimum Gasteiger partial charge on any atom is -0.491 e. The predicted molar refractivity (Wildman–Crippen MR) is 120 cm³/mol. The Balaban J connectivity index is 0.00000300. The summed E-state index contributed by atoms with van der Waals surface area (Å²) in [6.45, 7) is 6.15. The molecule has 1 amide bonds. The first-order valence-electron chi connectivity index (χ1n) is 11.2. The molecule has 1 saturated carbocycles. The normalized spacial score (nSPS) is 22.8. The number of hydrogen-bond acceptors (Lipinski definition) is 4. The molecule has 0 bridgehead atoms. The van der Waals surface area contributed by atoms with E-state index in [-0.39, 0.29) is 24.6 Å². The van der Waals surface area contributed by atoms with E-state index in [2.05, 4.69) is 17.1 Å². The number of halogens is 1. The Morgan fingerprint density at radius 2 is 1.79 bits per heavy atom. The number of nitrogens with one attached hydrogen (secondary N) is 1. The number of benzene rings is 1. The fourth-order valence-corrected chi connectivity index (χ4v) is 4.37. The van der Waals surface area contributed by atoms with E-state index in [0.717, 1.165) is 32.2 Å². The van der Waals surface area contributed by atoms with Gasteiger partial charge in [0.2, 0.25) is 0 Å². The average Bonchev–Trinajstić information content (AvgIpc) is 2.93. The Morgan fingerprint density at radius 3 is 2.59 bits per heavy atom. The van der Waals surface area contributed by atoms with Crippen molar-refractivity contribution in [3.63, 3.8) is 0 Å². The van der Waals surface area contributed by atoms with Crippen molar-refractivity contribution in [3.05, 3.63) is 24.3 Å². The summed E-state index contributed by atoms with van der Waals surface area (Å²) < 4.78 is 11.7. The van der Waals surface area contributed by atoms with Gasteiger partial charge in [0, 0.05) is 12.5 Å². The highest BCUT2D eigenvalue weighted by Gasteiger charge is 2.29. The number of hydrogen-bond donors (Lipinski definition) is 1. The smallest absolute Gasteiger partial charge is 0.412 e. The van der Waals surface area contributed by atoms with Crippen molar-refractivity contribution in [2.24, 2.45) is 5.92 Å². The van der Waals surface area contributed by atoms with Crippen LogP contribution in [0.3, 0.4) is 0 Å². The van der Waals surface area contributed by atoms with Gasteiger partial charge in [-0.1, -0.05) is 38.3 Å². The first kappa shape index (κ1) is 23.8. The zero-order valence-corrected chi connectivity index (χ0v) is 18.6. The zero-order chi connectivity index (χ0) is 19.6. The number of para-hydroxylation sites is 2. The second kappa shape index (κ2) is 13.0. The van der Waals surface area contributed by atoms with E-state index in [9.17, 15) is 4.79 Å². The summed E-state index contributed by atoms with van der Waals surface area (Å²) in [5.74, 6) is 1.14. The summed E-state index contributed by atoms with van der Waals surface area (Å²) in [5, 5.41) is 2.91. The predicted octanol–water partition coefficient (Wildman–Crippen LogP) is 5.88. The van der Waals surface area contributed by atoms with Crippen molar-refractivity contribution in [2.75, 3.05) is 31.6 Å². The van der Waals surface area contributed by atoms with Crippen LogP contribution < -0.4 is 10.1 Å². The topological polar surface area (TPSA) is 50.8 Å². The van der Waals surface area contributed by atoms with Gasteiger partial charge in [-0.25, -0.2) is 4.79 Å². The molecule has 164 valence electrons. The van der Waals surface area contributed by atoms with E-state index < -0.39 is 0 Å². The summed E-state index contributed by atoms with van der Waals surface area (Å²) in [6.07, 6.45) is 10.3. The molecule has 5 nitrogen and oxygen atoms in total. The summed E-state index contributed by atoms with van der Waals surface area (Å²) in [7, 11) is 0. The van der Waals surface area contributed by atoms with Gasteiger partial charge in [-0.3, -0.25) is 5.32 Å². The molecule has 1 heterocycles. The van der Waals surface area contributed by atoms with Crippen LogP contribution in [0, 0.1) is 5.92 Å². The maximum Gasteiger partial charge on any atom is 0.412 e. The van der Waals surface area contributed by atoms with Crippen LogP contribution in [0.25, 0.3) is 0 Å². The third-order valence-electron chi connectivity index (χ3n) is 5.87. The van der Waals surface area contributed by atoms with Crippen LogP contribution in [0.15, 0.2) is 24.3 Å². The van der Waals surface area contributed by atoms with Gasteiger partial charge in [0.05, 0.1) is 12.3 Å². The van der Waals surface area contributed by atoms with Crippen LogP contribution in [0.1, 0.15) is 64.7 Å². The van der Waals surface area contributed by atoms with Crippen molar-refractivity contribution in [1.82, 2.24) is 4.90 Å². The van der Waals surface area contributed by atoms with E-state index in [0.29, 0.717) is 24.0 Å². The molecule has 0 radical (unpaired) electrons. The maximum absolute atomic E-state index is 12.7. The van der Waals surface area contributed by atoms with Crippen LogP contribution in [0.5, 0.6) is 5.75 Å². The molecule has 1 N–H and O–H groups in total. The van der Waals surface area contributed by atoms with Crippen molar-refractivity contribution in [1.29, 1.82) is 0 Å². The number of ether oxygens (including phenoxy) is 2. The molecule has 1 aliphatic carbocycles. The Bertz CT molecular complexity index is 608. The quantitative estimate of drug-likeness (QED) is 0.555. The number of anilines is 1. The summed E-state index contributed by atoms with van der Waals surface area (Å²) >= 11 is 0. The Labute approximate surface area is 181 Å². The largest absolute Gasteiger partial charge is 0.491 e. The number of likely N-dealkylation sites (tertiary alicyclic amines) is 1. The molecule has 1 aliphatic heterocycles. The third-order valence-corrected chi connectivity index (χ3v) is 5.87. The van der Waals surface area contributed by atoms with Gasteiger partial charge in [-0.15, -0.1) is 12.4 Å². The maximum atomic E-state index is 12.7. The molecule has 6 heteroatoms. The molecule has 0 aromatic heterocycles. The van der Waals surface area contributed by atoms with Crippen LogP contribution in [0.2, 0.25) is 0 Å². The molecule has 2 aliphatic rings. The molecule has 1 saturated heterocycles. The van der Waals surface area contributed by atoms with Crippen LogP contribution >= 0.6 is 12.4 Å². The molecule has 29 heavy (non-hydrogen) atoms. The minimum absolute atomic E-state index is 0. The van der Waals surface area contributed by atoms with Crippen molar-refractivity contribution in [3.8, 4) is 5.75 Å². The lowest BCUT2D eigenvalue weighted by Gasteiger charge is -2.33. The molecule has 1 unspecified atom stereocenters. The van der Waals surface area contributed by atoms with E-state index in [1.165, 1.54) is 45.2 Å². The lowest BCUT2D eigenvalue weighted by molar-refractivity contribution is 0.0471. The second-order valence-corrected chi connectivity index (χ2v) is 8.17. The molecule has 0 spiro atoms. The highest BCUT2D eigenvalue weighted by molar-refractivity contribution is 5.86. The zero-order valence-electron chi connectivity index (χ0n) is 17.7. The summed E-state index contributed by atoms with van der Waals surface area (Å²) in [5.41, 5.74) is 0.683. The minimum atomic E-state index is -0.358. The number of carbonyl (C=O) groups is 1. The Morgan fingerprint density at radius 1 is 1.07 bits per heavy atom.